The fourth-order valence-corrected chi connectivity index (χ4v) is 3.15. The quantitative estimate of drug-likeness (QED) is 0.879. The summed E-state index contributed by atoms with van der Waals surface area (Å²) in [5, 5.41) is 0. The van der Waals surface area contributed by atoms with Crippen LogP contribution in [0.1, 0.15) is 45.1 Å². The Balaban J connectivity index is 2.37. The Morgan fingerprint density at radius 3 is 2.26 bits per heavy atom. The summed E-state index contributed by atoms with van der Waals surface area (Å²) in [7, 11) is 0. The predicted octanol–water partition coefficient (Wildman–Crippen LogP) is 3.47. The van der Waals surface area contributed by atoms with Gasteiger partial charge >= 0.3 is 0 Å². The number of aryl methyl sites for hydroxylation is 1. The molecule has 0 radical (unpaired) electrons. The van der Waals surface area contributed by atoms with Gasteiger partial charge in [0.25, 0.3) is 0 Å². The van der Waals surface area contributed by atoms with Crippen LogP contribution >= 0.6 is 0 Å². The second-order valence-electron chi connectivity index (χ2n) is 5.57. The van der Waals surface area contributed by atoms with Crippen LogP contribution in [0.2, 0.25) is 0 Å². The van der Waals surface area contributed by atoms with Gasteiger partial charge in [-0.1, -0.05) is 44.4 Å². The first-order valence-electron chi connectivity index (χ1n) is 7.30. The lowest BCUT2D eigenvalue weighted by molar-refractivity contribution is 0.384. The molecule has 1 aromatic carbocycles. The molecule has 104 valence electrons. The summed E-state index contributed by atoms with van der Waals surface area (Å²) in [6, 6.07) is 8.60. The van der Waals surface area contributed by atoms with Crippen molar-refractivity contribution in [1.29, 1.82) is 0 Å². The molecule has 0 aromatic heterocycles. The minimum Gasteiger partial charge on any atom is -0.369 e. The van der Waals surface area contributed by atoms with Gasteiger partial charge < -0.3 is 10.6 Å². The van der Waals surface area contributed by atoms with Crippen molar-refractivity contribution in [3.05, 3.63) is 29.8 Å². The SMILES string of the molecule is CCCC1(CCC)CN=C(N)N1c1ccc(C)cc1. The van der Waals surface area contributed by atoms with Crippen LogP contribution in [0.5, 0.6) is 0 Å². The largest absolute Gasteiger partial charge is 0.369 e. The smallest absolute Gasteiger partial charge is 0.196 e. The van der Waals surface area contributed by atoms with Crippen molar-refractivity contribution in [2.45, 2.75) is 52.0 Å². The molecule has 0 bridgehead atoms. The highest BCUT2D eigenvalue weighted by Gasteiger charge is 2.41. The molecule has 1 aliphatic heterocycles. The highest BCUT2D eigenvalue weighted by molar-refractivity contribution is 5.98. The summed E-state index contributed by atoms with van der Waals surface area (Å²) in [6.07, 6.45) is 4.59. The lowest BCUT2D eigenvalue weighted by Gasteiger charge is -2.39. The number of nitrogens with zero attached hydrogens (tertiary/aromatic N) is 2. The first kappa shape index (κ1) is 13.9. The second kappa shape index (κ2) is 5.64. The third-order valence-corrected chi connectivity index (χ3v) is 3.96. The molecule has 0 saturated heterocycles. The zero-order chi connectivity index (χ0) is 13.9. The molecule has 1 heterocycles. The molecule has 0 aliphatic carbocycles. The molecule has 0 atom stereocenters. The van der Waals surface area contributed by atoms with Gasteiger partial charge in [-0.2, -0.15) is 0 Å². The van der Waals surface area contributed by atoms with Crippen molar-refractivity contribution < 1.29 is 0 Å². The maximum atomic E-state index is 6.16. The van der Waals surface area contributed by atoms with E-state index < -0.39 is 0 Å². The average molecular weight is 259 g/mol. The van der Waals surface area contributed by atoms with Crippen molar-refractivity contribution in [2.75, 3.05) is 11.4 Å². The van der Waals surface area contributed by atoms with E-state index in [4.69, 9.17) is 5.73 Å². The molecule has 1 aromatic rings. The van der Waals surface area contributed by atoms with E-state index in [0.717, 1.165) is 32.2 Å². The Morgan fingerprint density at radius 1 is 1.16 bits per heavy atom. The number of hydrogen-bond acceptors (Lipinski definition) is 3. The standard InChI is InChI=1S/C16H25N3/c1-4-10-16(11-5-2)12-18-15(17)19(16)14-8-6-13(3)7-9-14/h6-9H,4-5,10-12H2,1-3H3,(H2,17,18). The lowest BCUT2D eigenvalue weighted by Crippen LogP contribution is -2.52. The minimum absolute atomic E-state index is 0.0862. The Labute approximate surface area is 116 Å². The monoisotopic (exact) mass is 259 g/mol. The Bertz CT molecular complexity index is 442. The van der Waals surface area contributed by atoms with Crippen LogP contribution in [0.15, 0.2) is 29.3 Å². The van der Waals surface area contributed by atoms with Crippen LogP contribution in [0.4, 0.5) is 5.69 Å². The van der Waals surface area contributed by atoms with Gasteiger partial charge in [0, 0.05) is 5.69 Å². The maximum absolute atomic E-state index is 6.16. The van der Waals surface area contributed by atoms with Gasteiger partial charge in [-0.3, -0.25) is 4.99 Å². The molecular formula is C16H25N3. The van der Waals surface area contributed by atoms with E-state index in [1.807, 2.05) is 0 Å². The molecule has 0 spiro atoms. The average Bonchev–Trinajstić information content (AvgIpc) is 2.69. The molecule has 19 heavy (non-hydrogen) atoms. The van der Waals surface area contributed by atoms with Gasteiger partial charge in [0.05, 0.1) is 12.1 Å². The lowest BCUT2D eigenvalue weighted by atomic mass is 9.87. The number of benzene rings is 1. The van der Waals surface area contributed by atoms with Crippen LogP contribution in [0.3, 0.4) is 0 Å². The predicted molar refractivity (Wildman–Crippen MR) is 82.7 cm³/mol. The molecular weight excluding hydrogens is 234 g/mol. The van der Waals surface area contributed by atoms with Crippen LogP contribution < -0.4 is 10.6 Å². The third-order valence-electron chi connectivity index (χ3n) is 3.96. The van der Waals surface area contributed by atoms with Crippen LogP contribution in [-0.2, 0) is 0 Å². The molecule has 0 amide bonds. The number of aliphatic imine (C=N–C) groups is 1. The van der Waals surface area contributed by atoms with Gasteiger partial charge in [-0.15, -0.1) is 0 Å². The van der Waals surface area contributed by atoms with Crippen molar-refractivity contribution in [3.63, 3.8) is 0 Å². The van der Waals surface area contributed by atoms with Gasteiger partial charge in [0.2, 0.25) is 0 Å². The summed E-state index contributed by atoms with van der Waals surface area (Å²) < 4.78 is 0. The highest BCUT2D eigenvalue weighted by atomic mass is 15.4. The summed E-state index contributed by atoms with van der Waals surface area (Å²) in [4.78, 5) is 6.79. The Kier molecular flexibility index (Phi) is 4.13. The fraction of sp³-hybridized carbons (Fsp3) is 0.562. The zero-order valence-corrected chi connectivity index (χ0v) is 12.3. The van der Waals surface area contributed by atoms with E-state index in [1.165, 1.54) is 11.3 Å². The third kappa shape index (κ3) is 2.60. The molecule has 2 rings (SSSR count). The summed E-state index contributed by atoms with van der Waals surface area (Å²) in [5.41, 5.74) is 8.69. The van der Waals surface area contributed by atoms with Crippen LogP contribution in [0, 0.1) is 6.92 Å². The molecule has 1 aliphatic rings. The number of anilines is 1. The van der Waals surface area contributed by atoms with E-state index in [2.05, 4.69) is 54.9 Å². The number of guanidine groups is 1. The Hall–Kier alpha value is -1.51. The van der Waals surface area contributed by atoms with E-state index >= 15 is 0 Å². The second-order valence-corrected chi connectivity index (χ2v) is 5.57. The van der Waals surface area contributed by atoms with Crippen molar-refractivity contribution >= 4 is 11.6 Å². The molecule has 3 nitrogen and oxygen atoms in total. The van der Waals surface area contributed by atoms with Crippen molar-refractivity contribution in [2.24, 2.45) is 10.7 Å². The van der Waals surface area contributed by atoms with Crippen molar-refractivity contribution in [1.82, 2.24) is 0 Å². The van der Waals surface area contributed by atoms with E-state index in [-0.39, 0.29) is 5.54 Å². The molecule has 2 N–H and O–H groups in total. The van der Waals surface area contributed by atoms with Gasteiger partial charge in [-0.25, -0.2) is 0 Å². The van der Waals surface area contributed by atoms with Gasteiger partial charge in [0.1, 0.15) is 0 Å². The summed E-state index contributed by atoms with van der Waals surface area (Å²) >= 11 is 0. The normalized spacial score (nSPS) is 17.6. The first-order valence-corrected chi connectivity index (χ1v) is 7.30. The highest BCUT2D eigenvalue weighted by Crippen LogP contribution is 2.35. The van der Waals surface area contributed by atoms with E-state index in [9.17, 15) is 0 Å². The van der Waals surface area contributed by atoms with Crippen LogP contribution in [-0.4, -0.2) is 18.0 Å². The minimum atomic E-state index is 0.0862. The van der Waals surface area contributed by atoms with Gasteiger partial charge in [-0.05, 0) is 31.9 Å². The van der Waals surface area contributed by atoms with Crippen LogP contribution in [0.25, 0.3) is 0 Å². The number of nitrogens with two attached hydrogens (primary N) is 1. The number of hydrogen-bond donors (Lipinski definition) is 1. The molecule has 0 unspecified atom stereocenters. The first-order chi connectivity index (χ1) is 9.13. The molecule has 3 heteroatoms. The molecule has 0 saturated carbocycles. The maximum Gasteiger partial charge on any atom is 0.196 e. The van der Waals surface area contributed by atoms with Crippen molar-refractivity contribution in [3.8, 4) is 0 Å². The fourth-order valence-electron chi connectivity index (χ4n) is 3.15. The van der Waals surface area contributed by atoms with Gasteiger partial charge in [0.15, 0.2) is 5.96 Å². The molecule has 0 fully saturated rings. The van der Waals surface area contributed by atoms with E-state index in [1.54, 1.807) is 0 Å². The van der Waals surface area contributed by atoms with E-state index in [0.29, 0.717) is 5.96 Å². The number of rotatable bonds is 5. The summed E-state index contributed by atoms with van der Waals surface area (Å²) in [6.45, 7) is 7.41. The summed E-state index contributed by atoms with van der Waals surface area (Å²) in [5.74, 6) is 0.672. The topological polar surface area (TPSA) is 41.6 Å². The Morgan fingerprint density at radius 2 is 1.74 bits per heavy atom. The zero-order valence-electron chi connectivity index (χ0n) is 12.3.